The maximum atomic E-state index is 13.1. The SMILES string of the molecule is Cc1cc(COc2ccc(S(=O)(=O)CC3(N(O)C=O)CCCNC3)cc2)c2ccccc2n1. The third-order valence-electron chi connectivity index (χ3n) is 6.00. The van der Waals surface area contributed by atoms with Crippen LogP contribution in [0.3, 0.4) is 0 Å². The van der Waals surface area contributed by atoms with E-state index in [1.165, 1.54) is 12.1 Å². The molecule has 0 bridgehead atoms. The number of piperidine rings is 1. The minimum atomic E-state index is -3.76. The van der Waals surface area contributed by atoms with Crippen molar-refractivity contribution < 1.29 is 23.2 Å². The first-order valence-electron chi connectivity index (χ1n) is 10.8. The van der Waals surface area contributed by atoms with Crippen LogP contribution in [0, 0.1) is 6.92 Å². The fourth-order valence-electron chi connectivity index (χ4n) is 4.30. The molecule has 1 saturated heterocycles. The molecule has 0 radical (unpaired) electrons. The van der Waals surface area contributed by atoms with Crippen molar-refractivity contribution in [3.8, 4) is 5.75 Å². The fourth-order valence-corrected chi connectivity index (χ4v) is 6.11. The molecule has 4 rings (SSSR count). The van der Waals surface area contributed by atoms with E-state index in [9.17, 15) is 18.4 Å². The predicted molar refractivity (Wildman–Crippen MR) is 124 cm³/mol. The van der Waals surface area contributed by atoms with Gasteiger partial charge in [-0.2, -0.15) is 0 Å². The van der Waals surface area contributed by atoms with Crippen LogP contribution in [0.15, 0.2) is 59.5 Å². The van der Waals surface area contributed by atoms with Crippen LogP contribution < -0.4 is 10.1 Å². The van der Waals surface area contributed by atoms with Gasteiger partial charge in [0.05, 0.1) is 21.7 Å². The summed E-state index contributed by atoms with van der Waals surface area (Å²) in [5, 5.41) is 14.7. The van der Waals surface area contributed by atoms with Crippen molar-refractivity contribution in [3.05, 3.63) is 65.9 Å². The van der Waals surface area contributed by atoms with Crippen LogP contribution in [-0.2, 0) is 21.2 Å². The number of carbonyl (C=O) groups excluding carboxylic acids is 1. The number of amides is 1. The molecule has 8 nitrogen and oxygen atoms in total. The van der Waals surface area contributed by atoms with Crippen LogP contribution >= 0.6 is 0 Å². The second-order valence-electron chi connectivity index (χ2n) is 8.41. The van der Waals surface area contributed by atoms with E-state index in [4.69, 9.17) is 4.74 Å². The summed E-state index contributed by atoms with van der Waals surface area (Å²) in [6.07, 6.45) is 1.33. The highest BCUT2D eigenvalue weighted by molar-refractivity contribution is 7.91. The van der Waals surface area contributed by atoms with E-state index < -0.39 is 15.4 Å². The standard InChI is InChI=1S/C24H27N3O5S/c1-18-13-19(22-5-2-3-6-23(22)26-18)14-32-20-7-9-21(10-8-20)33(30,31)16-24(27(29)17-28)11-4-12-25-15-24/h2-3,5-10,13,17,25,29H,4,11-12,14-16H2,1H3. The molecule has 2 aromatic carbocycles. The minimum Gasteiger partial charge on any atom is -0.489 e. The Kier molecular flexibility index (Phi) is 6.64. The van der Waals surface area contributed by atoms with Gasteiger partial charge < -0.3 is 10.1 Å². The molecule has 0 spiro atoms. The van der Waals surface area contributed by atoms with Crippen molar-refractivity contribution >= 4 is 27.2 Å². The van der Waals surface area contributed by atoms with E-state index in [0.717, 1.165) is 22.2 Å². The summed E-state index contributed by atoms with van der Waals surface area (Å²) in [6.45, 7) is 3.18. The predicted octanol–water partition coefficient (Wildman–Crippen LogP) is 2.87. The first kappa shape index (κ1) is 23.2. The summed E-state index contributed by atoms with van der Waals surface area (Å²) in [5.74, 6) is 0.170. The van der Waals surface area contributed by atoms with Crippen LogP contribution in [0.4, 0.5) is 0 Å². The summed E-state index contributed by atoms with van der Waals surface area (Å²) in [7, 11) is -3.76. The summed E-state index contributed by atoms with van der Waals surface area (Å²) in [5.41, 5.74) is 1.61. The Balaban J connectivity index is 1.49. The van der Waals surface area contributed by atoms with Crippen molar-refractivity contribution in [2.75, 3.05) is 18.8 Å². The highest BCUT2D eigenvalue weighted by Gasteiger charge is 2.42. The van der Waals surface area contributed by atoms with Gasteiger partial charge in [0.25, 0.3) is 0 Å². The van der Waals surface area contributed by atoms with Gasteiger partial charge in [0, 0.05) is 23.2 Å². The van der Waals surface area contributed by atoms with E-state index in [1.807, 2.05) is 37.3 Å². The molecule has 9 heteroatoms. The number of carbonyl (C=O) groups is 1. The summed E-state index contributed by atoms with van der Waals surface area (Å²) in [4.78, 5) is 15.8. The number of ether oxygens (including phenoxy) is 1. The summed E-state index contributed by atoms with van der Waals surface area (Å²) >= 11 is 0. The molecular weight excluding hydrogens is 442 g/mol. The number of fused-ring (bicyclic) bond motifs is 1. The maximum absolute atomic E-state index is 13.1. The fraction of sp³-hybridized carbons (Fsp3) is 0.333. The molecule has 2 N–H and O–H groups in total. The molecule has 1 fully saturated rings. The second kappa shape index (κ2) is 9.46. The Labute approximate surface area is 193 Å². The molecule has 3 aromatic rings. The van der Waals surface area contributed by atoms with Crippen molar-refractivity contribution in [1.82, 2.24) is 15.4 Å². The number of hydrogen-bond acceptors (Lipinski definition) is 7. The molecular formula is C24H27N3O5S. The molecule has 1 amide bonds. The van der Waals surface area contributed by atoms with Gasteiger partial charge in [0.1, 0.15) is 12.4 Å². The van der Waals surface area contributed by atoms with Gasteiger partial charge in [0.2, 0.25) is 6.41 Å². The van der Waals surface area contributed by atoms with E-state index >= 15 is 0 Å². The molecule has 0 saturated carbocycles. The topological polar surface area (TPSA) is 109 Å². The quantitative estimate of drug-likeness (QED) is 0.297. The average Bonchev–Trinajstić information content (AvgIpc) is 2.82. The van der Waals surface area contributed by atoms with Crippen LogP contribution in [0.1, 0.15) is 24.1 Å². The van der Waals surface area contributed by atoms with Gasteiger partial charge in [-0.25, -0.2) is 13.5 Å². The molecule has 2 heterocycles. The number of nitrogens with zero attached hydrogens (tertiary/aromatic N) is 2. The Hall–Kier alpha value is -3.01. The number of rotatable bonds is 8. The minimum absolute atomic E-state index is 0.115. The van der Waals surface area contributed by atoms with Gasteiger partial charge in [-0.05, 0) is 62.7 Å². The number of aromatic nitrogens is 1. The number of benzene rings is 2. The van der Waals surface area contributed by atoms with E-state index in [2.05, 4.69) is 10.3 Å². The second-order valence-corrected chi connectivity index (χ2v) is 10.4. The van der Waals surface area contributed by atoms with Gasteiger partial charge in [-0.15, -0.1) is 0 Å². The van der Waals surface area contributed by atoms with E-state index in [-0.39, 0.29) is 23.6 Å². The molecule has 0 aliphatic carbocycles. The highest BCUT2D eigenvalue weighted by Crippen LogP contribution is 2.28. The third kappa shape index (κ3) is 5.00. The van der Waals surface area contributed by atoms with Gasteiger partial charge >= 0.3 is 0 Å². The lowest BCUT2D eigenvalue weighted by Crippen LogP contribution is -2.59. The molecule has 1 unspecified atom stereocenters. The molecule has 1 aliphatic heterocycles. The van der Waals surface area contributed by atoms with E-state index in [1.54, 1.807) is 12.1 Å². The number of hydrogen-bond donors (Lipinski definition) is 2. The van der Waals surface area contributed by atoms with Crippen LogP contribution in [-0.4, -0.2) is 54.5 Å². The Morgan fingerprint density at radius 1 is 1.21 bits per heavy atom. The first-order chi connectivity index (χ1) is 15.8. The molecule has 174 valence electrons. The Morgan fingerprint density at radius 3 is 2.67 bits per heavy atom. The summed E-state index contributed by atoms with van der Waals surface area (Å²) < 4.78 is 32.1. The lowest BCUT2D eigenvalue weighted by atomic mass is 9.92. The van der Waals surface area contributed by atoms with E-state index in [0.29, 0.717) is 36.8 Å². The lowest BCUT2D eigenvalue weighted by molar-refractivity contribution is -0.178. The highest BCUT2D eigenvalue weighted by atomic mass is 32.2. The third-order valence-corrected chi connectivity index (χ3v) is 7.91. The first-order valence-corrected chi connectivity index (χ1v) is 12.4. The largest absolute Gasteiger partial charge is 0.489 e. The average molecular weight is 470 g/mol. The van der Waals surface area contributed by atoms with Crippen molar-refractivity contribution in [2.24, 2.45) is 0 Å². The zero-order valence-electron chi connectivity index (χ0n) is 18.4. The molecule has 1 atom stereocenters. The number of sulfone groups is 1. The van der Waals surface area contributed by atoms with Crippen LogP contribution in [0.5, 0.6) is 5.75 Å². The lowest BCUT2D eigenvalue weighted by Gasteiger charge is -2.40. The number of para-hydroxylation sites is 1. The molecule has 1 aromatic heterocycles. The van der Waals surface area contributed by atoms with Crippen molar-refractivity contribution in [1.29, 1.82) is 0 Å². The van der Waals surface area contributed by atoms with Gasteiger partial charge in [-0.3, -0.25) is 15.0 Å². The molecule has 33 heavy (non-hydrogen) atoms. The normalized spacial score (nSPS) is 18.7. The molecule has 1 aliphatic rings. The number of hydroxylamine groups is 2. The van der Waals surface area contributed by atoms with Gasteiger partial charge in [-0.1, -0.05) is 18.2 Å². The zero-order valence-corrected chi connectivity index (χ0v) is 19.2. The number of nitrogens with one attached hydrogen (secondary N) is 1. The van der Waals surface area contributed by atoms with Crippen molar-refractivity contribution in [2.45, 2.75) is 36.8 Å². The number of pyridine rings is 1. The Morgan fingerprint density at radius 2 is 1.97 bits per heavy atom. The van der Waals surface area contributed by atoms with Gasteiger partial charge in [0.15, 0.2) is 9.84 Å². The monoisotopic (exact) mass is 469 g/mol. The summed E-state index contributed by atoms with van der Waals surface area (Å²) in [6, 6.07) is 16.0. The zero-order chi connectivity index (χ0) is 23.5. The number of aryl methyl sites for hydroxylation is 1. The smallest absolute Gasteiger partial charge is 0.233 e. The van der Waals surface area contributed by atoms with Crippen molar-refractivity contribution in [3.63, 3.8) is 0 Å². The Bertz CT molecular complexity index is 1240. The van der Waals surface area contributed by atoms with Crippen LogP contribution in [0.2, 0.25) is 0 Å². The maximum Gasteiger partial charge on any atom is 0.233 e. The van der Waals surface area contributed by atoms with Crippen LogP contribution in [0.25, 0.3) is 10.9 Å².